The van der Waals surface area contributed by atoms with E-state index in [1.807, 2.05) is 6.92 Å². The molecule has 0 unspecified atom stereocenters. The zero-order valence-electron chi connectivity index (χ0n) is 13.5. The summed E-state index contributed by atoms with van der Waals surface area (Å²) in [5, 5.41) is 2.37. The van der Waals surface area contributed by atoms with Crippen LogP contribution in [0.4, 0.5) is 15.8 Å². The van der Waals surface area contributed by atoms with Crippen LogP contribution in [-0.4, -0.2) is 18.4 Å². The average molecular weight is 324 g/mol. The first-order chi connectivity index (χ1) is 11.5. The maximum Gasteiger partial charge on any atom is 0.258 e. The number of anilines is 2. The van der Waals surface area contributed by atoms with E-state index >= 15 is 0 Å². The minimum atomic E-state index is -0.598. The standard InChI is InChI=1S/C19H17FN2O2/c1-4-14-7-6-8-16(11-14)22(5-2)19(24)15-9-10-17(20)18(12-15)21-13(3)23/h1,6-12H,5H2,2-3H3,(H,21,23). The van der Waals surface area contributed by atoms with Crippen molar-refractivity contribution < 1.29 is 14.0 Å². The molecular weight excluding hydrogens is 307 g/mol. The lowest BCUT2D eigenvalue weighted by Gasteiger charge is -2.22. The minimum absolute atomic E-state index is 0.0261. The van der Waals surface area contributed by atoms with Crippen LogP contribution < -0.4 is 10.2 Å². The van der Waals surface area contributed by atoms with Gasteiger partial charge in [0.1, 0.15) is 5.82 Å². The van der Waals surface area contributed by atoms with Crippen molar-refractivity contribution in [1.29, 1.82) is 0 Å². The molecule has 2 aromatic carbocycles. The number of benzene rings is 2. The number of hydrogen-bond donors (Lipinski definition) is 1. The Morgan fingerprint density at radius 2 is 2.00 bits per heavy atom. The molecule has 0 spiro atoms. The maximum atomic E-state index is 13.7. The Bertz CT molecular complexity index is 824. The predicted molar refractivity (Wildman–Crippen MR) is 92.4 cm³/mol. The fourth-order valence-electron chi connectivity index (χ4n) is 2.31. The van der Waals surface area contributed by atoms with Crippen LogP contribution in [0.1, 0.15) is 29.8 Å². The summed E-state index contributed by atoms with van der Waals surface area (Å²) in [5.41, 5.74) is 1.56. The SMILES string of the molecule is C#Cc1cccc(N(CC)C(=O)c2ccc(F)c(NC(C)=O)c2)c1. The number of halogens is 1. The fraction of sp³-hybridized carbons (Fsp3) is 0.158. The highest BCUT2D eigenvalue weighted by Gasteiger charge is 2.18. The summed E-state index contributed by atoms with van der Waals surface area (Å²) in [6.45, 7) is 3.52. The quantitative estimate of drug-likeness (QED) is 0.876. The number of carbonyl (C=O) groups excluding carboxylic acids is 2. The van der Waals surface area contributed by atoms with E-state index in [-0.39, 0.29) is 17.2 Å². The molecule has 2 rings (SSSR count). The summed E-state index contributed by atoms with van der Waals surface area (Å²) in [4.78, 5) is 25.4. The van der Waals surface area contributed by atoms with E-state index in [9.17, 15) is 14.0 Å². The van der Waals surface area contributed by atoms with E-state index in [1.54, 1.807) is 24.3 Å². The Kier molecular flexibility index (Phi) is 5.33. The molecule has 0 radical (unpaired) electrons. The van der Waals surface area contributed by atoms with Gasteiger partial charge in [-0.25, -0.2) is 4.39 Å². The molecule has 0 saturated heterocycles. The second-order valence-corrected chi connectivity index (χ2v) is 5.12. The van der Waals surface area contributed by atoms with Crippen LogP contribution in [0.15, 0.2) is 42.5 Å². The van der Waals surface area contributed by atoms with Crippen LogP contribution in [0.25, 0.3) is 0 Å². The van der Waals surface area contributed by atoms with E-state index in [2.05, 4.69) is 11.2 Å². The molecule has 0 bridgehead atoms. The van der Waals surface area contributed by atoms with Crippen LogP contribution in [0, 0.1) is 18.2 Å². The lowest BCUT2D eigenvalue weighted by atomic mass is 10.1. The Morgan fingerprint density at radius 3 is 2.62 bits per heavy atom. The van der Waals surface area contributed by atoms with Crippen molar-refractivity contribution >= 4 is 23.2 Å². The Balaban J connectivity index is 2.38. The van der Waals surface area contributed by atoms with E-state index < -0.39 is 11.7 Å². The van der Waals surface area contributed by atoms with E-state index in [4.69, 9.17) is 6.42 Å². The summed E-state index contributed by atoms with van der Waals surface area (Å²) < 4.78 is 13.7. The van der Waals surface area contributed by atoms with Crippen molar-refractivity contribution in [3.05, 3.63) is 59.4 Å². The van der Waals surface area contributed by atoms with E-state index in [0.29, 0.717) is 17.8 Å². The maximum absolute atomic E-state index is 13.7. The second-order valence-electron chi connectivity index (χ2n) is 5.12. The number of nitrogens with one attached hydrogen (secondary N) is 1. The smallest absolute Gasteiger partial charge is 0.258 e. The highest BCUT2D eigenvalue weighted by Crippen LogP contribution is 2.22. The highest BCUT2D eigenvalue weighted by atomic mass is 19.1. The molecule has 4 nitrogen and oxygen atoms in total. The third-order valence-electron chi connectivity index (χ3n) is 3.41. The molecule has 0 saturated carbocycles. The third-order valence-corrected chi connectivity index (χ3v) is 3.41. The van der Waals surface area contributed by atoms with Gasteiger partial charge in [0.05, 0.1) is 5.69 Å². The van der Waals surface area contributed by atoms with Crippen molar-refractivity contribution in [1.82, 2.24) is 0 Å². The molecule has 24 heavy (non-hydrogen) atoms. The molecule has 0 aliphatic carbocycles. The van der Waals surface area contributed by atoms with Crippen LogP contribution in [0.2, 0.25) is 0 Å². The molecule has 0 aromatic heterocycles. The van der Waals surface area contributed by atoms with Crippen LogP contribution >= 0.6 is 0 Å². The van der Waals surface area contributed by atoms with Crippen LogP contribution in [0.5, 0.6) is 0 Å². The monoisotopic (exact) mass is 324 g/mol. The molecule has 5 heteroatoms. The van der Waals surface area contributed by atoms with Crippen LogP contribution in [0.3, 0.4) is 0 Å². The van der Waals surface area contributed by atoms with Gasteiger partial charge in [-0.3, -0.25) is 9.59 Å². The first-order valence-electron chi connectivity index (χ1n) is 7.42. The van der Waals surface area contributed by atoms with Gasteiger partial charge in [0.25, 0.3) is 5.91 Å². The molecule has 0 atom stereocenters. The van der Waals surface area contributed by atoms with Gasteiger partial charge in [-0.1, -0.05) is 12.0 Å². The lowest BCUT2D eigenvalue weighted by molar-refractivity contribution is -0.114. The van der Waals surface area contributed by atoms with Gasteiger partial charge in [-0.05, 0) is 43.3 Å². The topological polar surface area (TPSA) is 49.4 Å². The zero-order chi connectivity index (χ0) is 17.7. The molecule has 0 aliphatic heterocycles. The summed E-state index contributed by atoms with van der Waals surface area (Å²) in [6.07, 6.45) is 5.40. The fourth-order valence-corrected chi connectivity index (χ4v) is 2.31. The van der Waals surface area contributed by atoms with Crippen molar-refractivity contribution in [2.45, 2.75) is 13.8 Å². The minimum Gasteiger partial charge on any atom is -0.324 e. The third kappa shape index (κ3) is 3.79. The number of nitrogens with zero attached hydrogens (tertiary/aromatic N) is 1. The van der Waals surface area contributed by atoms with Crippen molar-refractivity contribution in [2.75, 3.05) is 16.8 Å². The van der Waals surface area contributed by atoms with Crippen molar-refractivity contribution in [3.63, 3.8) is 0 Å². The molecule has 2 amide bonds. The largest absolute Gasteiger partial charge is 0.324 e. The normalized spacial score (nSPS) is 9.92. The Labute approximate surface area is 140 Å². The van der Waals surface area contributed by atoms with Gasteiger partial charge in [0, 0.05) is 30.3 Å². The summed E-state index contributed by atoms with van der Waals surface area (Å²) in [6, 6.07) is 10.9. The number of carbonyl (C=O) groups is 2. The number of amides is 2. The van der Waals surface area contributed by atoms with Gasteiger partial charge < -0.3 is 10.2 Å². The molecule has 0 heterocycles. The van der Waals surface area contributed by atoms with Gasteiger partial charge >= 0.3 is 0 Å². The summed E-state index contributed by atoms with van der Waals surface area (Å²) in [5.74, 6) is 1.21. The first-order valence-corrected chi connectivity index (χ1v) is 7.42. The second kappa shape index (κ2) is 7.42. The van der Waals surface area contributed by atoms with Gasteiger partial charge in [-0.15, -0.1) is 6.42 Å². The number of rotatable bonds is 4. The predicted octanol–water partition coefficient (Wildman–Crippen LogP) is 3.43. The Morgan fingerprint density at radius 1 is 1.25 bits per heavy atom. The highest BCUT2D eigenvalue weighted by molar-refractivity contribution is 6.07. The summed E-state index contributed by atoms with van der Waals surface area (Å²) in [7, 11) is 0. The van der Waals surface area contributed by atoms with Gasteiger partial charge in [0.2, 0.25) is 5.91 Å². The molecule has 1 N–H and O–H groups in total. The first kappa shape index (κ1) is 17.2. The zero-order valence-corrected chi connectivity index (χ0v) is 13.5. The average Bonchev–Trinajstić information content (AvgIpc) is 2.57. The van der Waals surface area contributed by atoms with Gasteiger partial charge in [0.15, 0.2) is 0 Å². The molecule has 2 aromatic rings. The molecule has 122 valence electrons. The van der Waals surface area contributed by atoms with Crippen molar-refractivity contribution in [3.8, 4) is 12.3 Å². The van der Waals surface area contributed by atoms with E-state index in [1.165, 1.54) is 24.0 Å². The summed E-state index contributed by atoms with van der Waals surface area (Å²) >= 11 is 0. The van der Waals surface area contributed by atoms with E-state index in [0.717, 1.165) is 6.07 Å². The van der Waals surface area contributed by atoms with Crippen molar-refractivity contribution in [2.24, 2.45) is 0 Å². The van der Waals surface area contributed by atoms with Gasteiger partial charge in [-0.2, -0.15) is 0 Å². The Hall–Kier alpha value is -3.13. The molecule has 0 aliphatic rings. The molecular formula is C19H17FN2O2. The number of terminal acetylenes is 1. The number of hydrogen-bond acceptors (Lipinski definition) is 2. The van der Waals surface area contributed by atoms with Crippen LogP contribution in [-0.2, 0) is 4.79 Å². The lowest BCUT2D eigenvalue weighted by Crippen LogP contribution is -2.30. The molecule has 0 fully saturated rings.